The Hall–Kier alpha value is -2.21. The number of thiophene rings is 1. The van der Waals surface area contributed by atoms with Gasteiger partial charge >= 0.3 is 0 Å². The summed E-state index contributed by atoms with van der Waals surface area (Å²) in [5, 5.41) is 8.62. The van der Waals surface area contributed by atoms with Crippen molar-refractivity contribution in [2.75, 3.05) is 11.9 Å². The van der Waals surface area contributed by atoms with Crippen LogP contribution >= 0.6 is 11.3 Å². The Bertz CT molecular complexity index is 552. The summed E-state index contributed by atoms with van der Waals surface area (Å²) in [5.41, 5.74) is 3.08. The van der Waals surface area contributed by atoms with Gasteiger partial charge in [-0.05, 0) is 35.7 Å². The first-order chi connectivity index (χ1) is 9.24. The van der Waals surface area contributed by atoms with E-state index in [1.807, 2.05) is 17.5 Å². The molecular weight excluding hydrogens is 265 g/mol. The second-order valence-electron chi connectivity index (χ2n) is 3.67. The number of rotatable bonds is 5. The zero-order chi connectivity index (χ0) is 13.5. The normalized spacial score (nSPS) is 10.6. The number of hydrogen-bond acceptors (Lipinski definition) is 4. The molecule has 4 nitrogen and oxygen atoms in total. The lowest BCUT2D eigenvalue weighted by Crippen LogP contribution is -2.25. The summed E-state index contributed by atoms with van der Waals surface area (Å²) in [4.78, 5) is 12.4. The molecule has 19 heavy (non-hydrogen) atoms. The van der Waals surface area contributed by atoms with Crippen molar-refractivity contribution in [2.45, 2.75) is 0 Å². The Morgan fingerprint density at radius 2 is 2.11 bits per heavy atom. The molecule has 0 saturated carbocycles. The molecule has 0 radical (unpaired) electrons. The number of anilines is 1. The summed E-state index contributed by atoms with van der Waals surface area (Å²) < 4.78 is 12.7. The maximum absolute atomic E-state index is 12.7. The van der Waals surface area contributed by atoms with Gasteiger partial charge in [0.05, 0.1) is 12.8 Å². The van der Waals surface area contributed by atoms with Crippen LogP contribution in [-0.4, -0.2) is 18.7 Å². The summed E-state index contributed by atoms with van der Waals surface area (Å²) in [7, 11) is 0. The van der Waals surface area contributed by atoms with Crippen LogP contribution in [0.2, 0.25) is 0 Å². The average molecular weight is 277 g/mol. The van der Waals surface area contributed by atoms with Crippen molar-refractivity contribution in [3.05, 3.63) is 52.5 Å². The number of amides is 1. The fraction of sp³-hybridized carbons (Fsp3) is 0.0769. The highest BCUT2D eigenvalue weighted by atomic mass is 32.1. The molecular formula is C13H12FN3OS. The first-order valence-corrected chi connectivity index (χ1v) is 6.47. The molecule has 1 aromatic heterocycles. The lowest BCUT2D eigenvalue weighted by Gasteiger charge is -2.04. The Morgan fingerprint density at radius 3 is 2.79 bits per heavy atom. The molecule has 0 saturated heterocycles. The second-order valence-corrected chi connectivity index (χ2v) is 4.65. The van der Waals surface area contributed by atoms with Crippen molar-refractivity contribution >= 4 is 29.1 Å². The SMILES string of the molecule is O=C(CNc1ccc(F)cc1)N/N=C/c1cccs1. The van der Waals surface area contributed by atoms with Gasteiger partial charge in [-0.2, -0.15) is 5.10 Å². The van der Waals surface area contributed by atoms with Gasteiger partial charge in [0.15, 0.2) is 0 Å². The van der Waals surface area contributed by atoms with Crippen LogP contribution in [-0.2, 0) is 4.79 Å². The van der Waals surface area contributed by atoms with Crippen LogP contribution in [0.4, 0.5) is 10.1 Å². The zero-order valence-corrected chi connectivity index (χ0v) is 10.8. The topological polar surface area (TPSA) is 53.5 Å². The van der Waals surface area contributed by atoms with Gasteiger partial charge in [-0.3, -0.25) is 4.79 Å². The molecule has 1 amide bonds. The van der Waals surface area contributed by atoms with Crippen molar-refractivity contribution < 1.29 is 9.18 Å². The Kier molecular flexibility index (Phi) is 4.63. The van der Waals surface area contributed by atoms with Gasteiger partial charge in [-0.25, -0.2) is 9.82 Å². The summed E-state index contributed by atoms with van der Waals surface area (Å²) >= 11 is 1.53. The summed E-state index contributed by atoms with van der Waals surface area (Å²) in [6, 6.07) is 9.60. The third-order valence-electron chi connectivity index (χ3n) is 2.22. The van der Waals surface area contributed by atoms with Gasteiger partial charge in [0.2, 0.25) is 0 Å². The van der Waals surface area contributed by atoms with Gasteiger partial charge in [0.1, 0.15) is 5.82 Å². The highest BCUT2D eigenvalue weighted by Gasteiger charge is 1.99. The molecule has 0 atom stereocenters. The Morgan fingerprint density at radius 1 is 1.32 bits per heavy atom. The zero-order valence-electron chi connectivity index (χ0n) is 9.97. The first kappa shape index (κ1) is 13.2. The summed E-state index contributed by atoms with van der Waals surface area (Å²) in [6.45, 7) is 0.0768. The number of nitrogens with zero attached hydrogens (tertiary/aromatic N) is 1. The number of carbonyl (C=O) groups is 1. The Labute approximate surface area is 114 Å². The lowest BCUT2D eigenvalue weighted by molar-refractivity contribution is -0.119. The number of nitrogens with one attached hydrogen (secondary N) is 2. The third-order valence-corrected chi connectivity index (χ3v) is 3.03. The van der Waals surface area contributed by atoms with Crippen LogP contribution in [0.1, 0.15) is 4.88 Å². The molecule has 0 aliphatic carbocycles. The minimum absolute atomic E-state index is 0.0768. The third kappa shape index (κ3) is 4.51. The molecule has 0 bridgehead atoms. The van der Waals surface area contributed by atoms with Crippen LogP contribution in [0.25, 0.3) is 0 Å². The van der Waals surface area contributed by atoms with E-state index in [4.69, 9.17) is 0 Å². The van der Waals surface area contributed by atoms with Gasteiger partial charge in [0, 0.05) is 10.6 Å². The van der Waals surface area contributed by atoms with Crippen molar-refractivity contribution in [1.82, 2.24) is 5.43 Å². The summed E-state index contributed by atoms with van der Waals surface area (Å²) in [6.07, 6.45) is 1.58. The number of benzene rings is 1. The molecule has 0 unspecified atom stereocenters. The standard InChI is InChI=1S/C13H12FN3OS/c14-10-3-5-11(6-4-10)15-9-13(18)17-16-8-12-2-1-7-19-12/h1-8,15H,9H2,(H,17,18)/b16-8+. The highest BCUT2D eigenvalue weighted by molar-refractivity contribution is 7.11. The predicted octanol–water partition coefficient (Wildman–Crippen LogP) is 2.45. The quantitative estimate of drug-likeness (QED) is 0.651. The maximum Gasteiger partial charge on any atom is 0.259 e. The van der Waals surface area contributed by atoms with Crippen LogP contribution in [0.5, 0.6) is 0 Å². The highest BCUT2D eigenvalue weighted by Crippen LogP contribution is 2.07. The van der Waals surface area contributed by atoms with E-state index in [1.54, 1.807) is 18.3 Å². The molecule has 2 rings (SSSR count). The fourth-order valence-corrected chi connectivity index (χ4v) is 1.91. The van der Waals surface area contributed by atoms with E-state index >= 15 is 0 Å². The van der Waals surface area contributed by atoms with Crippen molar-refractivity contribution in [3.8, 4) is 0 Å². The maximum atomic E-state index is 12.7. The number of hydrogen-bond donors (Lipinski definition) is 2. The average Bonchev–Trinajstić information content (AvgIpc) is 2.91. The van der Waals surface area contributed by atoms with E-state index in [-0.39, 0.29) is 18.3 Å². The molecule has 1 aromatic carbocycles. The van der Waals surface area contributed by atoms with E-state index in [9.17, 15) is 9.18 Å². The minimum Gasteiger partial charge on any atom is -0.376 e. The van der Waals surface area contributed by atoms with Crippen LogP contribution < -0.4 is 10.7 Å². The van der Waals surface area contributed by atoms with E-state index in [0.29, 0.717) is 5.69 Å². The fourth-order valence-electron chi connectivity index (χ4n) is 1.32. The smallest absolute Gasteiger partial charge is 0.259 e. The van der Waals surface area contributed by atoms with E-state index in [1.165, 1.54) is 23.5 Å². The Balaban J connectivity index is 1.74. The molecule has 0 aliphatic heterocycles. The minimum atomic E-state index is -0.310. The molecule has 1 heterocycles. The number of carbonyl (C=O) groups excluding carboxylic acids is 1. The van der Waals surface area contributed by atoms with Gasteiger partial charge in [0.25, 0.3) is 5.91 Å². The van der Waals surface area contributed by atoms with Gasteiger partial charge in [-0.1, -0.05) is 6.07 Å². The lowest BCUT2D eigenvalue weighted by atomic mass is 10.3. The number of halogens is 1. The predicted molar refractivity (Wildman–Crippen MR) is 74.9 cm³/mol. The second kappa shape index (κ2) is 6.65. The number of hydrazone groups is 1. The first-order valence-electron chi connectivity index (χ1n) is 5.59. The van der Waals surface area contributed by atoms with E-state index in [0.717, 1.165) is 4.88 Å². The van der Waals surface area contributed by atoms with Gasteiger partial charge in [-0.15, -0.1) is 11.3 Å². The molecule has 0 aliphatic rings. The van der Waals surface area contributed by atoms with Crippen molar-refractivity contribution in [2.24, 2.45) is 5.10 Å². The molecule has 0 fully saturated rings. The molecule has 98 valence electrons. The van der Waals surface area contributed by atoms with Crippen LogP contribution in [0, 0.1) is 5.82 Å². The van der Waals surface area contributed by atoms with Crippen LogP contribution in [0.3, 0.4) is 0 Å². The molecule has 6 heteroatoms. The molecule has 0 spiro atoms. The van der Waals surface area contributed by atoms with E-state index in [2.05, 4.69) is 15.8 Å². The largest absolute Gasteiger partial charge is 0.376 e. The van der Waals surface area contributed by atoms with Crippen molar-refractivity contribution in [3.63, 3.8) is 0 Å². The monoisotopic (exact) mass is 277 g/mol. The molecule has 2 aromatic rings. The summed E-state index contributed by atoms with van der Waals surface area (Å²) in [5.74, 6) is -0.576. The van der Waals surface area contributed by atoms with Crippen molar-refractivity contribution in [1.29, 1.82) is 0 Å². The molecule has 2 N–H and O–H groups in total. The van der Waals surface area contributed by atoms with E-state index < -0.39 is 0 Å². The van der Waals surface area contributed by atoms with Crippen LogP contribution in [0.15, 0.2) is 46.9 Å². The van der Waals surface area contributed by atoms with Gasteiger partial charge < -0.3 is 5.32 Å².